The van der Waals surface area contributed by atoms with Gasteiger partial charge in [0.2, 0.25) is 11.8 Å². The summed E-state index contributed by atoms with van der Waals surface area (Å²) in [5.74, 6) is -1.93. The molecular weight excluding hydrogens is 1570 g/mol. The van der Waals surface area contributed by atoms with Crippen molar-refractivity contribution in [2.24, 2.45) is 0 Å². The summed E-state index contributed by atoms with van der Waals surface area (Å²) in [6.07, 6.45) is 47.5. The van der Waals surface area contributed by atoms with Crippen LogP contribution >= 0.6 is 0 Å². The zero-order valence-electron chi connectivity index (χ0n) is 73.0. The van der Waals surface area contributed by atoms with E-state index in [-0.39, 0.29) is 48.3 Å². The molecule has 0 radical (unpaired) electrons. The number of carbonyl (C=O) groups is 7. The van der Waals surface area contributed by atoms with Gasteiger partial charge in [-0.2, -0.15) is 0 Å². The molecule has 0 aliphatic rings. The molecule has 0 atom stereocenters. The molecule has 24 heteroatoms. The first-order chi connectivity index (χ1) is 60.1. The number of ether oxygens (including phenoxy) is 7. The number of benzene rings is 1. The first-order valence-corrected chi connectivity index (χ1v) is 41.0. The van der Waals surface area contributed by atoms with Gasteiger partial charge in [-0.3, -0.25) is 49.5 Å². The Labute approximate surface area is 734 Å². The van der Waals surface area contributed by atoms with Crippen LogP contribution in [0.2, 0.25) is 0 Å². The fourth-order valence-electron chi connectivity index (χ4n) is 9.48. The van der Waals surface area contributed by atoms with E-state index in [9.17, 15) is 33.6 Å². The molecule has 0 spiro atoms. The van der Waals surface area contributed by atoms with Gasteiger partial charge in [-0.05, 0) is 248 Å². The van der Waals surface area contributed by atoms with E-state index in [2.05, 4.69) is 109 Å². The highest BCUT2D eigenvalue weighted by Crippen LogP contribution is 2.09. The second kappa shape index (κ2) is 75.7. The first kappa shape index (κ1) is 109. The Bertz CT molecular complexity index is 4160. The molecule has 2 N–H and O–H groups in total. The molecule has 0 unspecified atom stereocenters. The van der Waals surface area contributed by atoms with Crippen LogP contribution in [0.3, 0.4) is 0 Å². The van der Waals surface area contributed by atoms with Crippen LogP contribution in [0.4, 0.5) is 0 Å². The van der Waals surface area contributed by atoms with Crippen LogP contribution in [0.25, 0.3) is 6.08 Å². The van der Waals surface area contributed by atoms with Gasteiger partial charge in [0.15, 0.2) is 0 Å². The number of carbonyl (C=O) groups excluding carboxylic acids is 7. The van der Waals surface area contributed by atoms with Crippen molar-refractivity contribution in [1.29, 1.82) is 0 Å². The Morgan fingerprint density at radius 3 is 0.935 bits per heavy atom. The maximum absolute atomic E-state index is 11.1. The number of amides is 2. The molecule has 9 aromatic rings. The molecule has 0 aliphatic heterocycles. The van der Waals surface area contributed by atoms with Crippen molar-refractivity contribution in [2.45, 2.75) is 131 Å². The van der Waals surface area contributed by atoms with Gasteiger partial charge in [-0.1, -0.05) is 125 Å². The molecule has 8 heterocycles. The highest BCUT2D eigenvalue weighted by molar-refractivity contribution is 5.92. The predicted octanol–water partition coefficient (Wildman–Crippen LogP) is 16.9. The lowest BCUT2D eigenvalue weighted by atomic mass is 10.1. The molecule has 124 heavy (non-hydrogen) atoms. The minimum Gasteiger partial charge on any atom is -0.463 e. The molecule has 0 saturated carbocycles. The van der Waals surface area contributed by atoms with Gasteiger partial charge in [-0.25, -0.2) is 24.0 Å². The lowest BCUT2D eigenvalue weighted by molar-refractivity contribution is -0.141. The SMILES string of the molecule is C=C(C)C(=O)NCCc1cccnc1.C=C(C)C(=O)OCCCc1cccnc1.C=C(C)C(=O)OCCCc1ccncc1.C=C(C)C(=O)OCCOCCCc1cccnc1.C=CC(=O)NCCCc1cccnc1.C=CC(=O)OCCCc1cccnc1.C=CC(=O)OCCCc1ccncc1.C=Cc1ccccc1.CCOCCCc1cccnc1. The van der Waals surface area contributed by atoms with Crippen LogP contribution in [0, 0.1) is 0 Å². The summed E-state index contributed by atoms with van der Waals surface area (Å²) in [4.78, 5) is 108. The van der Waals surface area contributed by atoms with E-state index in [4.69, 9.17) is 33.2 Å². The molecule has 0 fully saturated rings. The zero-order chi connectivity index (χ0) is 90.9. The largest absolute Gasteiger partial charge is 0.463 e. The quantitative estimate of drug-likeness (QED) is 0.0155. The van der Waals surface area contributed by atoms with Gasteiger partial charge >= 0.3 is 29.8 Å². The van der Waals surface area contributed by atoms with E-state index in [1.165, 1.54) is 51.6 Å². The number of nitrogens with zero attached hydrogens (tertiary/aromatic N) is 8. The molecule has 8 aromatic heterocycles. The number of pyridine rings is 8. The van der Waals surface area contributed by atoms with Gasteiger partial charge in [0.25, 0.3) is 0 Å². The molecule has 0 saturated heterocycles. The highest BCUT2D eigenvalue weighted by atomic mass is 16.6. The van der Waals surface area contributed by atoms with Crippen molar-refractivity contribution < 1.29 is 66.7 Å². The normalized spacial score (nSPS) is 9.59. The molecule has 24 nitrogen and oxygen atoms in total. The Hall–Kier alpha value is -13.5. The fraction of sp³-hybridized carbons (Fsp3) is 0.310. The van der Waals surface area contributed by atoms with E-state index in [0.717, 1.165) is 126 Å². The third kappa shape index (κ3) is 64.5. The Morgan fingerprint density at radius 2 is 0.629 bits per heavy atom. The van der Waals surface area contributed by atoms with E-state index >= 15 is 0 Å². The summed E-state index contributed by atoms with van der Waals surface area (Å²) in [5.41, 5.74) is 12.5. The number of rotatable bonds is 43. The minimum absolute atomic E-state index is 0.0890. The monoisotopic (exact) mass is 1690 g/mol. The standard InChI is InChI=1S/C14H19NO3.2C12H15NO2.2C11H14N2O.2C11H13NO2.C10H15NO.C8H8/c1-12(2)14(16)18-10-9-17-8-4-6-13-5-3-7-15-11-13;1-10(2)12(14)15-8-4-6-11-5-3-7-13-9-11;1-10(2)12(14)15-9-3-4-11-5-7-13-8-6-11;1-9(2)11(14)13-7-5-10-4-3-6-12-8-10;1-2-11(14)13-8-4-6-10-5-3-7-12-9-10;1-2-11(13)14-8-4-6-10-5-3-7-12-9-10;1-2-11(13)14-9-3-4-10-5-7-12-8-6-10;1-2-12-8-4-6-10-5-3-7-11-9-10;1-2-8-6-4-3-5-7-8/h3,5,7,11H,1,4,6,8-10H2,2H3;3,5,7,9H,1,4,6,8H2,2H3;5-8H,1,3-4,9H2,2H3;3-4,6,8H,1,5,7H2,2H3,(H,13,14);2-3,5,7,9H,1,4,6,8H2,(H,13,14);2-3,5,7,9H,1,4,6,8H2;2,5-8H,1,3-4,9H2;3,5,7,9H,2,4,6,8H2,1H3;2-7H,1H2. The van der Waals surface area contributed by atoms with Gasteiger partial charge in [-0.15, -0.1) is 0 Å². The van der Waals surface area contributed by atoms with E-state index in [0.29, 0.717) is 75.0 Å². The summed E-state index contributed by atoms with van der Waals surface area (Å²) in [5, 5.41) is 5.49. The number of nitrogens with one attached hydrogen (secondary N) is 2. The molecule has 0 aliphatic carbocycles. The number of hydrogen-bond donors (Lipinski definition) is 2. The lowest BCUT2D eigenvalue weighted by Gasteiger charge is -2.05. The van der Waals surface area contributed by atoms with Crippen LogP contribution in [0.1, 0.15) is 130 Å². The second-order valence-corrected chi connectivity index (χ2v) is 26.8. The topological polar surface area (TPSA) is 311 Å². The summed E-state index contributed by atoms with van der Waals surface area (Å²) < 4.78 is 35.1. The fourth-order valence-corrected chi connectivity index (χ4v) is 9.48. The Morgan fingerprint density at radius 1 is 0.306 bits per heavy atom. The number of aryl methyl sites for hydroxylation is 7. The van der Waals surface area contributed by atoms with E-state index in [1.807, 2.05) is 165 Å². The van der Waals surface area contributed by atoms with E-state index < -0.39 is 0 Å². The smallest absolute Gasteiger partial charge is 0.333 e. The minimum atomic E-state index is -0.367. The van der Waals surface area contributed by atoms with Crippen molar-refractivity contribution >= 4 is 47.7 Å². The van der Waals surface area contributed by atoms with Crippen LogP contribution in [-0.4, -0.2) is 154 Å². The summed E-state index contributed by atoms with van der Waals surface area (Å²) >= 11 is 0. The van der Waals surface area contributed by atoms with Crippen LogP contribution in [0.15, 0.2) is 320 Å². The summed E-state index contributed by atoms with van der Waals surface area (Å²) in [6.45, 7) is 42.4. The van der Waals surface area contributed by atoms with Crippen molar-refractivity contribution in [3.8, 4) is 0 Å². The Kier molecular flexibility index (Phi) is 66.3. The van der Waals surface area contributed by atoms with Crippen LogP contribution < -0.4 is 10.6 Å². The third-order valence-corrected chi connectivity index (χ3v) is 16.0. The third-order valence-electron chi connectivity index (χ3n) is 16.0. The van der Waals surface area contributed by atoms with Gasteiger partial charge in [0, 0.05) is 167 Å². The Balaban J connectivity index is 0.000000701. The second-order valence-electron chi connectivity index (χ2n) is 26.8. The zero-order valence-corrected chi connectivity index (χ0v) is 73.0. The predicted molar refractivity (Wildman–Crippen MR) is 490 cm³/mol. The number of aromatic nitrogens is 8. The summed E-state index contributed by atoms with van der Waals surface area (Å²) in [6, 6.07) is 41.5. The lowest BCUT2D eigenvalue weighted by Crippen LogP contribution is -2.25. The molecule has 2 amide bonds. The van der Waals surface area contributed by atoms with Crippen LogP contribution in [-0.2, 0) is 118 Å². The average Bonchev–Trinajstić information content (AvgIpc) is 0.810. The van der Waals surface area contributed by atoms with Gasteiger partial charge in [0.05, 0.1) is 33.0 Å². The number of esters is 5. The molecule has 9 rings (SSSR count). The van der Waals surface area contributed by atoms with E-state index in [1.54, 1.807) is 95.9 Å². The molecular formula is C100H126N10O14. The maximum Gasteiger partial charge on any atom is 0.333 e. The highest BCUT2D eigenvalue weighted by Gasteiger charge is 2.07. The number of hydrogen-bond acceptors (Lipinski definition) is 22. The van der Waals surface area contributed by atoms with Crippen molar-refractivity contribution in [2.75, 3.05) is 72.6 Å². The van der Waals surface area contributed by atoms with Crippen LogP contribution in [0.5, 0.6) is 0 Å². The van der Waals surface area contributed by atoms with Crippen molar-refractivity contribution in [1.82, 2.24) is 50.5 Å². The van der Waals surface area contributed by atoms with Crippen molar-refractivity contribution in [3.63, 3.8) is 0 Å². The van der Waals surface area contributed by atoms with Gasteiger partial charge in [0.1, 0.15) is 6.61 Å². The average molecular weight is 1690 g/mol. The van der Waals surface area contributed by atoms with Crippen molar-refractivity contribution in [3.05, 3.63) is 370 Å². The summed E-state index contributed by atoms with van der Waals surface area (Å²) in [7, 11) is 0. The van der Waals surface area contributed by atoms with Gasteiger partial charge < -0.3 is 43.8 Å². The molecule has 1 aromatic carbocycles. The molecule has 0 bridgehead atoms. The molecule has 660 valence electrons. The maximum atomic E-state index is 11.1. The first-order valence-electron chi connectivity index (χ1n) is 41.0.